The van der Waals surface area contributed by atoms with E-state index in [2.05, 4.69) is 0 Å². The summed E-state index contributed by atoms with van der Waals surface area (Å²) in [5, 5.41) is 12.4. The first-order chi connectivity index (χ1) is 9.54. The van der Waals surface area contributed by atoms with Crippen LogP contribution in [0.3, 0.4) is 0 Å². The molecule has 0 unspecified atom stereocenters. The molecule has 0 bridgehead atoms. The third kappa shape index (κ3) is 4.15. The van der Waals surface area contributed by atoms with Gasteiger partial charge in [-0.15, -0.1) is 0 Å². The molecule has 0 aliphatic carbocycles. The van der Waals surface area contributed by atoms with Gasteiger partial charge in [0.2, 0.25) is 11.6 Å². The number of amides is 1. The van der Waals surface area contributed by atoms with Gasteiger partial charge in [0, 0.05) is 18.9 Å². The Kier molecular flexibility index (Phi) is 4.88. The van der Waals surface area contributed by atoms with Gasteiger partial charge in [0.1, 0.15) is 9.84 Å². The molecule has 1 aromatic rings. The molecule has 0 heterocycles. The molecule has 0 radical (unpaired) electrons. The van der Waals surface area contributed by atoms with Crippen molar-refractivity contribution < 1.29 is 31.3 Å². The molecular weight excluding hydrogens is 317 g/mol. The lowest BCUT2D eigenvalue weighted by Crippen LogP contribution is -2.30. The van der Waals surface area contributed by atoms with Gasteiger partial charge in [0.15, 0.2) is 5.82 Å². The van der Waals surface area contributed by atoms with Gasteiger partial charge in [-0.3, -0.25) is 14.9 Å². The largest absolute Gasteiger partial charge is 0.351 e. The predicted molar refractivity (Wildman–Crippen MR) is 65.0 cm³/mol. The number of halogens is 3. The van der Waals surface area contributed by atoms with Crippen molar-refractivity contribution in [2.75, 3.05) is 18.6 Å². The van der Waals surface area contributed by atoms with E-state index in [0.29, 0.717) is 0 Å². The summed E-state index contributed by atoms with van der Waals surface area (Å²) < 4.78 is 61.3. The first kappa shape index (κ1) is 16.9. The number of nitrogens with one attached hydrogen (secondary N) is 1. The number of carbonyl (C=O) groups is 1. The summed E-state index contributed by atoms with van der Waals surface area (Å²) >= 11 is 0. The highest BCUT2D eigenvalue weighted by atomic mass is 32.2. The van der Waals surface area contributed by atoms with E-state index >= 15 is 0 Å². The molecule has 11 heteroatoms. The fourth-order valence-electron chi connectivity index (χ4n) is 1.33. The Balaban J connectivity index is 3.07. The van der Waals surface area contributed by atoms with Crippen LogP contribution in [0.5, 0.6) is 0 Å². The van der Waals surface area contributed by atoms with E-state index in [1.165, 1.54) is 0 Å². The number of hydrogen-bond donors (Lipinski definition) is 1. The van der Waals surface area contributed by atoms with Crippen LogP contribution >= 0.6 is 0 Å². The maximum absolute atomic E-state index is 13.4. The lowest BCUT2D eigenvalue weighted by Gasteiger charge is -2.07. The molecule has 1 N–H and O–H groups in total. The smallest absolute Gasteiger partial charge is 0.308 e. The zero-order valence-corrected chi connectivity index (χ0v) is 11.3. The van der Waals surface area contributed by atoms with Crippen LogP contribution in [0.4, 0.5) is 18.9 Å². The van der Waals surface area contributed by atoms with Gasteiger partial charge >= 0.3 is 5.69 Å². The standard InChI is InChI=1S/C10H9F3N2O5S/c1-21(19,20)3-2-14-10(16)5-4-6(15(17)18)8(12)9(13)7(5)11/h4H,2-3H2,1H3,(H,14,16). The maximum atomic E-state index is 13.4. The fraction of sp³-hybridized carbons (Fsp3) is 0.300. The van der Waals surface area contributed by atoms with Crippen molar-refractivity contribution in [3.63, 3.8) is 0 Å². The zero-order valence-electron chi connectivity index (χ0n) is 10.5. The average molecular weight is 326 g/mol. The first-order valence-electron chi connectivity index (χ1n) is 5.32. The minimum atomic E-state index is -3.40. The summed E-state index contributed by atoms with van der Waals surface area (Å²) in [6.07, 6.45) is 0.891. The van der Waals surface area contributed by atoms with Crippen LogP contribution in [0.2, 0.25) is 0 Å². The van der Waals surface area contributed by atoms with E-state index in [-0.39, 0.29) is 6.07 Å². The third-order valence-corrected chi connectivity index (χ3v) is 3.27. The highest BCUT2D eigenvalue weighted by Crippen LogP contribution is 2.25. The number of nitrogens with zero attached hydrogens (tertiary/aromatic N) is 1. The molecule has 0 fully saturated rings. The molecule has 116 valence electrons. The molecule has 0 saturated heterocycles. The monoisotopic (exact) mass is 326 g/mol. The number of hydrogen-bond acceptors (Lipinski definition) is 5. The molecule has 0 aromatic heterocycles. The van der Waals surface area contributed by atoms with Crippen molar-refractivity contribution in [2.45, 2.75) is 0 Å². The van der Waals surface area contributed by atoms with Crippen molar-refractivity contribution in [3.8, 4) is 0 Å². The molecule has 7 nitrogen and oxygen atoms in total. The van der Waals surface area contributed by atoms with Crippen LogP contribution in [-0.4, -0.2) is 37.8 Å². The van der Waals surface area contributed by atoms with Gasteiger partial charge in [-0.1, -0.05) is 0 Å². The van der Waals surface area contributed by atoms with Crippen molar-refractivity contribution in [2.24, 2.45) is 0 Å². The quantitative estimate of drug-likeness (QED) is 0.489. The summed E-state index contributed by atoms with van der Waals surface area (Å²) in [5.74, 6) is -7.83. The van der Waals surface area contributed by atoms with Crippen LogP contribution in [0.15, 0.2) is 6.07 Å². The van der Waals surface area contributed by atoms with E-state index in [4.69, 9.17) is 0 Å². The Morgan fingerprint density at radius 1 is 1.29 bits per heavy atom. The minimum absolute atomic E-state index is 0.240. The Morgan fingerprint density at radius 3 is 2.33 bits per heavy atom. The summed E-state index contributed by atoms with van der Waals surface area (Å²) in [6.45, 7) is -0.413. The summed E-state index contributed by atoms with van der Waals surface area (Å²) in [5.41, 5.74) is -2.49. The van der Waals surface area contributed by atoms with Crippen LogP contribution in [0, 0.1) is 27.6 Å². The molecule has 0 aliphatic heterocycles. The van der Waals surface area contributed by atoms with Crippen molar-refractivity contribution in [1.82, 2.24) is 5.32 Å². The van der Waals surface area contributed by atoms with E-state index in [0.717, 1.165) is 6.26 Å². The minimum Gasteiger partial charge on any atom is -0.351 e. The second kappa shape index (κ2) is 6.08. The molecule has 0 atom stereocenters. The van der Waals surface area contributed by atoms with Gasteiger partial charge in [0.25, 0.3) is 5.91 Å². The van der Waals surface area contributed by atoms with Gasteiger partial charge in [-0.05, 0) is 0 Å². The van der Waals surface area contributed by atoms with Crippen LogP contribution in [-0.2, 0) is 9.84 Å². The van der Waals surface area contributed by atoms with Gasteiger partial charge in [-0.25, -0.2) is 17.2 Å². The highest BCUT2D eigenvalue weighted by molar-refractivity contribution is 7.90. The second-order valence-corrected chi connectivity index (χ2v) is 6.29. The summed E-state index contributed by atoms with van der Waals surface area (Å²) in [4.78, 5) is 20.7. The maximum Gasteiger partial charge on any atom is 0.308 e. The molecule has 1 amide bonds. The molecule has 0 spiro atoms. The van der Waals surface area contributed by atoms with Crippen molar-refractivity contribution in [1.29, 1.82) is 0 Å². The Hall–Kier alpha value is -2.17. The Labute approximate surface area is 116 Å². The van der Waals surface area contributed by atoms with Gasteiger partial charge in [0.05, 0.1) is 16.2 Å². The number of rotatable bonds is 5. The van der Waals surface area contributed by atoms with E-state index in [9.17, 15) is 36.5 Å². The number of carbonyl (C=O) groups excluding carboxylic acids is 1. The fourth-order valence-corrected chi connectivity index (χ4v) is 1.81. The molecule has 0 aliphatic rings. The lowest BCUT2D eigenvalue weighted by molar-refractivity contribution is -0.387. The summed E-state index contributed by atoms with van der Waals surface area (Å²) in [6, 6.07) is 0.240. The average Bonchev–Trinajstić information content (AvgIpc) is 2.34. The third-order valence-electron chi connectivity index (χ3n) is 2.33. The second-order valence-electron chi connectivity index (χ2n) is 4.03. The Bertz CT molecular complexity index is 705. The van der Waals surface area contributed by atoms with Crippen molar-refractivity contribution in [3.05, 3.63) is 39.2 Å². The first-order valence-corrected chi connectivity index (χ1v) is 7.38. The Morgan fingerprint density at radius 2 is 1.86 bits per heavy atom. The number of nitro groups is 1. The van der Waals surface area contributed by atoms with Crippen LogP contribution in [0.1, 0.15) is 10.4 Å². The van der Waals surface area contributed by atoms with Crippen LogP contribution in [0.25, 0.3) is 0 Å². The van der Waals surface area contributed by atoms with E-state index in [1.807, 2.05) is 5.32 Å². The normalized spacial score (nSPS) is 11.2. The SMILES string of the molecule is CS(=O)(=O)CCNC(=O)c1cc([N+](=O)[O-])c(F)c(F)c1F. The van der Waals surface area contributed by atoms with Gasteiger partial charge in [-0.2, -0.15) is 4.39 Å². The number of benzene rings is 1. The van der Waals surface area contributed by atoms with Crippen molar-refractivity contribution >= 4 is 21.4 Å². The molecule has 21 heavy (non-hydrogen) atoms. The van der Waals surface area contributed by atoms with E-state index < -0.39 is 61.7 Å². The summed E-state index contributed by atoms with van der Waals surface area (Å²) in [7, 11) is -3.40. The zero-order chi connectivity index (χ0) is 16.4. The van der Waals surface area contributed by atoms with E-state index in [1.54, 1.807) is 0 Å². The molecule has 1 rings (SSSR count). The van der Waals surface area contributed by atoms with Gasteiger partial charge < -0.3 is 5.32 Å². The van der Waals surface area contributed by atoms with Crippen LogP contribution < -0.4 is 5.32 Å². The lowest BCUT2D eigenvalue weighted by atomic mass is 10.1. The number of nitro benzene ring substituents is 1. The molecule has 0 saturated carbocycles. The number of sulfone groups is 1. The topological polar surface area (TPSA) is 106 Å². The molecular formula is C10H9F3N2O5S. The molecule has 1 aromatic carbocycles. The predicted octanol–water partition coefficient (Wildman–Crippen LogP) is 0.786. The highest BCUT2D eigenvalue weighted by Gasteiger charge is 2.28.